The van der Waals surface area contributed by atoms with Gasteiger partial charge in [-0.3, -0.25) is 9.69 Å². The van der Waals surface area contributed by atoms with E-state index in [9.17, 15) is 4.79 Å². The number of likely N-dealkylation sites (tertiary alicyclic amines) is 1. The van der Waals surface area contributed by atoms with Crippen molar-refractivity contribution in [1.82, 2.24) is 10.2 Å². The summed E-state index contributed by atoms with van der Waals surface area (Å²) in [5.74, 6) is 0.0328. The SMILES string of the molecule is Cc1ccc(C)c(CN2CCC3(CC[C@H](CNC(=O)[C@@H]4CCCO4)O3)CC2)c1. The van der Waals surface area contributed by atoms with Crippen molar-refractivity contribution >= 4 is 5.91 Å². The molecule has 3 saturated heterocycles. The minimum atomic E-state index is -0.247. The van der Waals surface area contributed by atoms with Crippen molar-refractivity contribution in [3.8, 4) is 0 Å². The number of carbonyl (C=O) groups is 1. The number of hydrogen-bond donors (Lipinski definition) is 1. The Morgan fingerprint density at radius 1 is 1.21 bits per heavy atom. The van der Waals surface area contributed by atoms with Crippen LogP contribution in [-0.4, -0.2) is 54.9 Å². The van der Waals surface area contributed by atoms with Crippen molar-refractivity contribution in [1.29, 1.82) is 0 Å². The first-order valence-corrected chi connectivity index (χ1v) is 10.9. The largest absolute Gasteiger partial charge is 0.370 e. The number of amides is 1. The predicted molar refractivity (Wildman–Crippen MR) is 109 cm³/mol. The molecule has 154 valence electrons. The first-order valence-electron chi connectivity index (χ1n) is 10.9. The van der Waals surface area contributed by atoms with Crippen LogP contribution < -0.4 is 5.32 Å². The molecule has 0 aromatic heterocycles. The maximum atomic E-state index is 12.1. The van der Waals surface area contributed by atoms with E-state index in [4.69, 9.17) is 9.47 Å². The summed E-state index contributed by atoms with van der Waals surface area (Å²) in [5.41, 5.74) is 4.18. The number of nitrogens with one attached hydrogen (secondary N) is 1. The minimum absolute atomic E-state index is 0.0252. The van der Waals surface area contributed by atoms with Gasteiger partial charge < -0.3 is 14.8 Å². The van der Waals surface area contributed by atoms with Gasteiger partial charge in [-0.1, -0.05) is 23.8 Å². The Morgan fingerprint density at radius 3 is 2.79 bits per heavy atom. The van der Waals surface area contributed by atoms with E-state index in [1.165, 1.54) is 16.7 Å². The zero-order valence-electron chi connectivity index (χ0n) is 17.3. The van der Waals surface area contributed by atoms with Gasteiger partial charge in [-0.15, -0.1) is 0 Å². The zero-order chi connectivity index (χ0) is 19.6. The number of nitrogens with zero attached hydrogens (tertiary/aromatic N) is 1. The van der Waals surface area contributed by atoms with Crippen LogP contribution >= 0.6 is 0 Å². The maximum Gasteiger partial charge on any atom is 0.249 e. The van der Waals surface area contributed by atoms with Crippen LogP contribution in [0, 0.1) is 13.8 Å². The molecule has 1 aromatic carbocycles. The van der Waals surface area contributed by atoms with Crippen molar-refractivity contribution in [3.05, 3.63) is 34.9 Å². The molecule has 0 radical (unpaired) electrons. The molecule has 5 heteroatoms. The number of carbonyl (C=O) groups excluding carboxylic acids is 1. The lowest BCUT2D eigenvalue weighted by atomic mass is 9.88. The molecule has 4 rings (SSSR count). The van der Waals surface area contributed by atoms with Gasteiger partial charge in [-0.05, 0) is 63.5 Å². The number of benzene rings is 1. The van der Waals surface area contributed by atoms with Gasteiger partial charge in [0.05, 0.1) is 11.7 Å². The number of ether oxygens (including phenoxy) is 2. The summed E-state index contributed by atoms with van der Waals surface area (Å²) in [5, 5.41) is 3.04. The summed E-state index contributed by atoms with van der Waals surface area (Å²) >= 11 is 0. The molecule has 0 bridgehead atoms. The third kappa shape index (κ3) is 4.58. The molecule has 2 atom stereocenters. The van der Waals surface area contributed by atoms with E-state index >= 15 is 0 Å². The fourth-order valence-electron chi connectivity index (χ4n) is 4.85. The topological polar surface area (TPSA) is 50.8 Å². The van der Waals surface area contributed by atoms with Gasteiger partial charge in [0.1, 0.15) is 6.10 Å². The van der Waals surface area contributed by atoms with Crippen molar-refractivity contribution in [2.45, 2.75) is 76.7 Å². The van der Waals surface area contributed by atoms with Crippen molar-refractivity contribution in [3.63, 3.8) is 0 Å². The number of piperidine rings is 1. The van der Waals surface area contributed by atoms with E-state index in [2.05, 4.69) is 42.3 Å². The first kappa shape index (κ1) is 19.9. The Hall–Kier alpha value is -1.43. The summed E-state index contributed by atoms with van der Waals surface area (Å²) < 4.78 is 11.9. The molecule has 3 aliphatic rings. The molecule has 1 aromatic rings. The Labute approximate surface area is 168 Å². The fourth-order valence-corrected chi connectivity index (χ4v) is 4.85. The summed E-state index contributed by atoms with van der Waals surface area (Å²) in [6.07, 6.45) is 6.08. The first-order chi connectivity index (χ1) is 13.5. The number of rotatable bonds is 5. The fraction of sp³-hybridized carbons (Fsp3) is 0.696. The van der Waals surface area contributed by atoms with Crippen LogP contribution in [0.2, 0.25) is 0 Å². The van der Waals surface area contributed by atoms with Crippen molar-refractivity contribution in [2.24, 2.45) is 0 Å². The minimum Gasteiger partial charge on any atom is -0.370 e. The maximum absolute atomic E-state index is 12.1. The summed E-state index contributed by atoms with van der Waals surface area (Å²) in [7, 11) is 0. The number of hydrogen-bond acceptors (Lipinski definition) is 4. The Kier molecular flexibility index (Phi) is 6.04. The quantitative estimate of drug-likeness (QED) is 0.845. The van der Waals surface area contributed by atoms with Crippen molar-refractivity contribution < 1.29 is 14.3 Å². The van der Waals surface area contributed by atoms with Crippen LogP contribution in [0.5, 0.6) is 0 Å². The standard InChI is InChI=1S/C23H34N2O3/c1-17-5-6-18(2)19(14-17)16-25-11-9-23(10-12-25)8-7-20(28-23)15-24-22(26)21-4-3-13-27-21/h5-6,14,20-21H,3-4,7-13,15-16H2,1-2H3,(H,24,26)/t20-,21+/m1/s1. The van der Waals surface area contributed by atoms with E-state index in [1.807, 2.05) is 0 Å². The molecule has 3 aliphatic heterocycles. The monoisotopic (exact) mass is 386 g/mol. The summed E-state index contributed by atoms with van der Waals surface area (Å²) in [6, 6.07) is 6.73. The smallest absolute Gasteiger partial charge is 0.249 e. The molecule has 0 unspecified atom stereocenters. The third-order valence-electron chi connectivity index (χ3n) is 6.73. The molecule has 3 heterocycles. The van der Waals surface area contributed by atoms with E-state index < -0.39 is 0 Å². The third-order valence-corrected chi connectivity index (χ3v) is 6.73. The van der Waals surface area contributed by atoms with Crippen LogP contribution in [0.3, 0.4) is 0 Å². The van der Waals surface area contributed by atoms with E-state index in [0.29, 0.717) is 13.2 Å². The van der Waals surface area contributed by atoms with Gasteiger partial charge >= 0.3 is 0 Å². The Bertz CT molecular complexity index is 691. The van der Waals surface area contributed by atoms with Gasteiger partial charge in [0.2, 0.25) is 5.91 Å². The highest BCUT2D eigenvalue weighted by Crippen LogP contribution is 2.39. The average molecular weight is 387 g/mol. The second-order valence-corrected chi connectivity index (χ2v) is 8.91. The van der Waals surface area contributed by atoms with Crippen LogP contribution in [0.15, 0.2) is 18.2 Å². The lowest BCUT2D eigenvalue weighted by Gasteiger charge is -2.39. The highest BCUT2D eigenvalue weighted by molar-refractivity contribution is 5.80. The van der Waals surface area contributed by atoms with Gasteiger partial charge in [0.15, 0.2) is 0 Å². The number of aryl methyl sites for hydroxylation is 2. The Balaban J connectivity index is 1.23. The summed E-state index contributed by atoms with van der Waals surface area (Å²) in [4.78, 5) is 14.7. The molecular weight excluding hydrogens is 352 g/mol. The lowest BCUT2D eigenvalue weighted by Crippen LogP contribution is -2.45. The van der Waals surface area contributed by atoms with E-state index in [-0.39, 0.29) is 23.7 Å². The van der Waals surface area contributed by atoms with E-state index in [1.54, 1.807) is 0 Å². The Morgan fingerprint density at radius 2 is 2.04 bits per heavy atom. The van der Waals surface area contributed by atoms with Gasteiger partial charge in [0.25, 0.3) is 0 Å². The van der Waals surface area contributed by atoms with Gasteiger partial charge in [0, 0.05) is 32.8 Å². The molecule has 0 saturated carbocycles. The second-order valence-electron chi connectivity index (χ2n) is 8.91. The summed E-state index contributed by atoms with van der Waals surface area (Å²) in [6.45, 7) is 8.90. The van der Waals surface area contributed by atoms with Crippen LogP contribution in [0.25, 0.3) is 0 Å². The molecule has 1 N–H and O–H groups in total. The molecule has 0 aliphatic carbocycles. The predicted octanol–water partition coefficient (Wildman–Crippen LogP) is 3.11. The molecule has 1 amide bonds. The normalized spacial score (nSPS) is 27.4. The molecule has 3 fully saturated rings. The van der Waals surface area contributed by atoms with Crippen molar-refractivity contribution in [2.75, 3.05) is 26.2 Å². The van der Waals surface area contributed by atoms with E-state index in [0.717, 1.165) is 58.2 Å². The highest BCUT2D eigenvalue weighted by atomic mass is 16.5. The molecule has 28 heavy (non-hydrogen) atoms. The van der Waals surface area contributed by atoms with Crippen LogP contribution in [-0.2, 0) is 20.8 Å². The van der Waals surface area contributed by atoms with Gasteiger partial charge in [-0.2, -0.15) is 0 Å². The molecule has 5 nitrogen and oxygen atoms in total. The molecular formula is C23H34N2O3. The zero-order valence-corrected chi connectivity index (χ0v) is 17.3. The average Bonchev–Trinajstić information content (AvgIpc) is 3.36. The lowest BCUT2D eigenvalue weighted by molar-refractivity contribution is -0.131. The van der Waals surface area contributed by atoms with Crippen LogP contribution in [0.4, 0.5) is 0 Å². The molecule has 1 spiro atoms. The highest BCUT2D eigenvalue weighted by Gasteiger charge is 2.42. The van der Waals surface area contributed by atoms with Gasteiger partial charge in [-0.25, -0.2) is 0 Å². The second kappa shape index (κ2) is 8.52. The van der Waals surface area contributed by atoms with Crippen LogP contribution in [0.1, 0.15) is 55.2 Å².